The SMILES string of the molecule is Cc1ccc(F)c(-c2ccccc2F)n1. The lowest BCUT2D eigenvalue weighted by atomic mass is 10.1. The van der Waals surface area contributed by atoms with E-state index in [1.807, 2.05) is 0 Å². The molecule has 0 saturated heterocycles. The topological polar surface area (TPSA) is 12.9 Å². The van der Waals surface area contributed by atoms with Crippen LogP contribution in [0.2, 0.25) is 0 Å². The van der Waals surface area contributed by atoms with Crippen molar-refractivity contribution in [3.05, 3.63) is 53.7 Å². The lowest BCUT2D eigenvalue weighted by Gasteiger charge is -2.04. The summed E-state index contributed by atoms with van der Waals surface area (Å²) in [6.45, 7) is 1.74. The molecule has 0 amide bonds. The summed E-state index contributed by atoms with van der Waals surface area (Å²) in [6, 6.07) is 8.87. The summed E-state index contributed by atoms with van der Waals surface area (Å²) < 4.78 is 26.8. The van der Waals surface area contributed by atoms with Crippen molar-refractivity contribution in [2.24, 2.45) is 0 Å². The Morgan fingerprint density at radius 3 is 2.40 bits per heavy atom. The number of rotatable bonds is 1. The number of hydrogen-bond acceptors (Lipinski definition) is 1. The molecule has 0 bridgehead atoms. The number of pyridine rings is 1. The van der Waals surface area contributed by atoms with Crippen molar-refractivity contribution in [1.29, 1.82) is 0 Å². The number of hydrogen-bond donors (Lipinski definition) is 0. The summed E-state index contributed by atoms with van der Waals surface area (Å²) in [4.78, 5) is 3.99. The van der Waals surface area contributed by atoms with Crippen molar-refractivity contribution in [3.8, 4) is 11.3 Å². The Balaban J connectivity index is 2.64. The van der Waals surface area contributed by atoms with Gasteiger partial charge in [0.25, 0.3) is 0 Å². The van der Waals surface area contributed by atoms with E-state index < -0.39 is 11.6 Å². The number of benzene rings is 1. The van der Waals surface area contributed by atoms with E-state index in [9.17, 15) is 8.78 Å². The lowest BCUT2D eigenvalue weighted by Crippen LogP contribution is -1.93. The Kier molecular flexibility index (Phi) is 2.46. The van der Waals surface area contributed by atoms with Crippen LogP contribution in [0.3, 0.4) is 0 Å². The summed E-state index contributed by atoms with van der Waals surface area (Å²) in [5.74, 6) is -0.972. The molecule has 0 fully saturated rings. The first-order valence-corrected chi connectivity index (χ1v) is 4.56. The first-order chi connectivity index (χ1) is 7.18. The van der Waals surface area contributed by atoms with Gasteiger partial charge in [-0.15, -0.1) is 0 Å². The van der Waals surface area contributed by atoms with Crippen LogP contribution in [0.5, 0.6) is 0 Å². The summed E-state index contributed by atoms with van der Waals surface area (Å²) in [7, 11) is 0. The average molecular weight is 205 g/mol. The van der Waals surface area contributed by atoms with E-state index in [0.717, 1.165) is 0 Å². The third-order valence-electron chi connectivity index (χ3n) is 2.11. The normalized spacial score (nSPS) is 10.3. The highest BCUT2D eigenvalue weighted by molar-refractivity contribution is 5.60. The highest BCUT2D eigenvalue weighted by atomic mass is 19.1. The van der Waals surface area contributed by atoms with Gasteiger partial charge in [0.1, 0.15) is 17.3 Å². The van der Waals surface area contributed by atoms with Gasteiger partial charge in [-0.3, -0.25) is 0 Å². The minimum Gasteiger partial charge on any atom is -0.250 e. The third kappa shape index (κ3) is 1.86. The van der Waals surface area contributed by atoms with Crippen LogP contribution in [0.15, 0.2) is 36.4 Å². The Morgan fingerprint density at radius 2 is 1.67 bits per heavy atom. The molecular weight excluding hydrogens is 196 g/mol. The molecule has 1 nitrogen and oxygen atoms in total. The van der Waals surface area contributed by atoms with Crippen molar-refractivity contribution in [2.75, 3.05) is 0 Å². The minimum atomic E-state index is -0.509. The average Bonchev–Trinajstić information content (AvgIpc) is 2.23. The molecule has 15 heavy (non-hydrogen) atoms. The fraction of sp³-hybridized carbons (Fsp3) is 0.0833. The van der Waals surface area contributed by atoms with E-state index >= 15 is 0 Å². The fourth-order valence-electron chi connectivity index (χ4n) is 1.38. The zero-order valence-corrected chi connectivity index (χ0v) is 8.17. The van der Waals surface area contributed by atoms with Crippen LogP contribution in [-0.2, 0) is 0 Å². The number of aromatic nitrogens is 1. The molecule has 0 atom stereocenters. The van der Waals surface area contributed by atoms with Gasteiger partial charge >= 0.3 is 0 Å². The number of aryl methyl sites for hydroxylation is 1. The molecule has 0 aliphatic heterocycles. The zero-order valence-electron chi connectivity index (χ0n) is 8.17. The molecule has 2 rings (SSSR count). The summed E-state index contributed by atoms with van der Waals surface area (Å²) >= 11 is 0. The van der Waals surface area contributed by atoms with Crippen molar-refractivity contribution in [3.63, 3.8) is 0 Å². The Hall–Kier alpha value is -1.77. The molecular formula is C12H9F2N. The van der Waals surface area contributed by atoms with Gasteiger partial charge in [-0.1, -0.05) is 12.1 Å². The second kappa shape index (κ2) is 3.77. The van der Waals surface area contributed by atoms with Gasteiger partial charge in [0.05, 0.1) is 0 Å². The molecule has 1 heterocycles. The van der Waals surface area contributed by atoms with Crippen molar-refractivity contribution >= 4 is 0 Å². The predicted molar refractivity (Wildman–Crippen MR) is 54.3 cm³/mol. The van der Waals surface area contributed by atoms with Crippen molar-refractivity contribution in [1.82, 2.24) is 4.98 Å². The van der Waals surface area contributed by atoms with E-state index in [1.165, 1.54) is 18.2 Å². The van der Waals surface area contributed by atoms with Crippen LogP contribution >= 0.6 is 0 Å². The molecule has 2 aromatic rings. The molecule has 0 N–H and O–H groups in total. The molecule has 0 aliphatic carbocycles. The minimum absolute atomic E-state index is 0.0631. The maximum Gasteiger partial charge on any atom is 0.149 e. The van der Waals surface area contributed by atoms with E-state index in [2.05, 4.69) is 4.98 Å². The van der Waals surface area contributed by atoms with Crippen LogP contribution in [-0.4, -0.2) is 4.98 Å². The highest BCUT2D eigenvalue weighted by Crippen LogP contribution is 2.23. The van der Waals surface area contributed by atoms with Crippen LogP contribution in [0.25, 0.3) is 11.3 Å². The monoisotopic (exact) mass is 205 g/mol. The lowest BCUT2D eigenvalue weighted by molar-refractivity contribution is 0.611. The van der Waals surface area contributed by atoms with Crippen molar-refractivity contribution in [2.45, 2.75) is 6.92 Å². The number of halogens is 2. The van der Waals surface area contributed by atoms with Crippen molar-refractivity contribution < 1.29 is 8.78 Å². The molecule has 0 spiro atoms. The van der Waals surface area contributed by atoms with E-state index in [0.29, 0.717) is 5.69 Å². The Morgan fingerprint density at radius 1 is 0.933 bits per heavy atom. The molecule has 0 radical (unpaired) electrons. The fourth-order valence-corrected chi connectivity index (χ4v) is 1.38. The van der Waals surface area contributed by atoms with Crippen LogP contribution < -0.4 is 0 Å². The summed E-state index contributed by atoms with van der Waals surface area (Å²) in [5, 5.41) is 0. The van der Waals surface area contributed by atoms with Gasteiger partial charge in [0, 0.05) is 11.3 Å². The maximum absolute atomic E-state index is 13.4. The van der Waals surface area contributed by atoms with Crippen LogP contribution in [0.1, 0.15) is 5.69 Å². The van der Waals surface area contributed by atoms with Gasteiger partial charge < -0.3 is 0 Å². The van der Waals surface area contributed by atoms with E-state index in [4.69, 9.17) is 0 Å². The van der Waals surface area contributed by atoms with Crippen LogP contribution in [0.4, 0.5) is 8.78 Å². The van der Waals surface area contributed by atoms with Gasteiger partial charge in [0.15, 0.2) is 0 Å². The first-order valence-electron chi connectivity index (χ1n) is 4.56. The summed E-state index contributed by atoms with van der Waals surface area (Å²) in [6.07, 6.45) is 0. The van der Waals surface area contributed by atoms with E-state index in [-0.39, 0.29) is 11.3 Å². The van der Waals surface area contributed by atoms with Gasteiger partial charge in [0.2, 0.25) is 0 Å². The molecule has 3 heteroatoms. The first kappa shape index (κ1) is 9.77. The summed E-state index contributed by atoms with van der Waals surface area (Å²) in [5.41, 5.74) is 0.918. The van der Waals surface area contributed by atoms with Gasteiger partial charge in [-0.2, -0.15) is 0 Å². The Labute approximate surface area is 86.4 Å². The molecule has 1 aromatic carbocycles. The molecule has 76 valence electrons. The standard InChI is InChI=1S/C12H9F2N/c1-8-6-7-11(14)12(15-8)9-4-2-3-5-10(9)13/h2-7H,1H3. The quantitative estimate of drug-likeness (QED) is 0.695. The van der Waals surface area contributed by atoms with Gasteiger partial charge in [-0.25, -0.2) is 13.8 Å². The van der Waals surface area contributed by atoms with E-state index in [1.54, 1.807) is 25.1 Å². The highest BCUT2D eigenvalue weighted by Gasteiger charge is 2.10. The Bertz CT molecular complexity index is 495. The molecule has 0 unspecified atom stereocenters. The second-order valence-corrected chi connectivity index (χ2v) is 3.26. The zero-order chi connectivity index (χ0) is 10.8. The maximum atomic E-state index is 13.4. The molecule has 1 aromatic heterocycles. The number of nitrogens with zero attached hydrogens (tertiary/aromatic N) is 1. The van der Waals surface area contributed by atoms with Crippen LogP contribution in [0, 0.1) is 18.6 Å². The third-order valence-corrected chi connectivity index (χ3v) is 2.11. The molecule has 0 saturated carbocycles. The van der Waals surface area contributed by atoms with Gasteiger partial charge in [-0.05, 0) is 31.2 Å². The largest absolute Gasteiger partial charge is 0.250 e. The molecule has 0 aliphatic rings. The predicted octanol–water partition coefficient (Wildman–Crippen LogP) is 3.34. The second-order valence-electron chi connectivity index (χ2n) is 3.26. The smallest absolute Gasteiger partial charge is 0.149 e.